The predicted molar refractivity (Wildman–Crippen MR) is 159 cm³/mol. The minimum atomic E-state index is -4.15. The van der Waals surface area contributed by atoms with Crippen molar-refractivity contribution in [1.29, 1.82) is 0 Å². The minimum absolute atomic E-state index is 0.0191. The first kappa shape index (κ1) is 32.0. The number of carboxylic acids is 1. The number of sulfonamides is 1. The van der Waals surface area contributed by atoms with E-state index < -0.39 is 46.6 Å². The maximum Gasteiger partial charge on any atom is 0.411 e. The highest BCUT2D eigenvalue weighted by Crippen LogP contribution is 2.36. The lowest BCUT2D eigenvalue weighted by Gasteiger charge is -2.43. The Morgan fingerprint density at radius 3 is 2.55 bits per heavy atom. The van der Waals surface area contributed by atoms with Gasteiger partial charge in [0.25, 0.3) is 15.9 Å². The molecule has 230 valence electrons. The maximum absolute atomic E-state index is 14.1. The van der Waals surface area contributed by atoms with Crippen LogP contribution in [0.2, 0.25) is 0 Å². The van der Waals surface area contributed by atoms with Crippen LogP contribution in [-0.2, 0) is 24.3 Å². The zero-order valence-electron chi connectivity index (χ0n) is 24.6. The van der Waals surface area contributed by atoms with E-state index in [0.29, 0.717) is 24.3 Å². The number of ether oxygens (including phenoxy) is 1. The summed E-state index contributed by atoms with van der Waals surface area (Å²) >= 11 is 1.03. The van der Waals surface area contributed by atoms with Gasteiger partial charge in [0, 0.05) is 13.1 Å². The van der Waals surface area contributed by atoms with Gasteiger partial charge in [-0.05, 0) is 60.9 Å². The van der Waals surface area contributed by atoms with Crippen LogP contribution in [0.5, 0.6) is 0 Å². The summed E-state index contributed by atoms with van der Waals surface area (Å²) in [4.78, 5) is 40.8. The first-order valence-electron chi connectivity index (χ1n) is 14.5. The maximum atomic E-state index is 14.1. The van der Waals surface area contributed by atoms with Crippen LogP contribution in [0.25, 0.3) is 0 Å². The molecule has 5 unspecified atom stereocenters. The van der Waals surface area contributed by atoms with Crippen molar-refractivity contribution in [3.63, 3.8) is 0 Å². The summed E-state index contributed by atoms with van der Waals surface area (Å²) in [5.74, 6) is -1.08. The van der Waals surface area contributed by atoms with E-state index >= 15 is 0 Å². The predicted octanol–water partition coefficient (Wildman–Crippen LogP) is 5.01. The fourth-order valence-corrected chi connectivity index (χ4v) is 8.76. The van der Waals surface area contributed by atoms with Gasteiger partial charge in [-0.2, -0.15) is 4.31 Å². The van der Waals surface area contributed by atoms with Crippen molar-refractivity contribution in [3.05, 3.63) is 52.9 Å². The van der Waals surface area contributed by atoms with Crippen LogP contribution in [0, 0.1) is 24.7 Å². The van der Waals surface area contributed by atoms with Crippen molar-refractivity contribution in [1.82, 2.24) is 14.5 Å². The van der Waals surface area contributed by atoms with Crippen LogP contribution in [0.1, 0.15) is 70.0 Å². The standard InChI is InChI=1S/C30H41N3O7S2/c1-19(2)23-12-11-21(4)17-25(23)40-30(37)32-13-7-14-33(42(38,39)27-10-6-15-41-27)29(32)28(36)31-24(18-26(34)35)22-9-5-8-20(3)16-22/h5-6,8-10,15-16,19,21,23-25,29H,7,11-14,17-18H2,1-4H3,(H,31,36)(H,34,35). The third-order valence-corrected chi connectivity index (χ3v) is 11.5. The Kier molecular flexibility index (Phi) is 10.3. The SMILES string of the molecule is Cc1cccc(C(CC(=O)O)NC(=O)C2N(C(=O)OC3CC(C)CCC3C(C)C)CCCN2S(=O)(=O)c2cccs2)c1. The van der Waals surface area contributed by atoms with E-state index in [9.17, 15) is 27.9 Å². The summed E-state index contributed by atoms with van der Waals surface area (Å²) in [5, 5.41) is 14.0. The van der Waals surface area contributed by atoms with Gasteiger partial charge in [-0.3, -0.25) is 14.5 Å². The Morgan fingerprint density at radius 2 is 1.90 bits per heavy atom. The lowest BCUT2D eigenvalue weighted by atomic mass is 9.75. The largest absolute Gasteiger partial charge is 0.481 e. The van der Waals surface area contributed by atoms with Crippen LogP contribution in [0.15, 0.2) is 46.0 Å². The van der Waals surface area contributed by atoms with Gasteiger partial charge >= 0.3 is 12.1 Å². The molecule has 1 saturated carbocycles. The Labute approximate surface area is 252 Å². The second-order valence-corrected chi connectivity index (χ2v) is 14.9. The van der Waals surface area contributed by atoms with Crippen LogP contribution in [-0.4, -0.2) is 66.1 Å². The molecule has 1 aromatic heterocycles. The summed E-state index contributed by atoms with van der Waals surface area (Å²) in [7, 11) is -4.15. The topological polar surface area (TPSA) is 133 Å². The van der Waals surface area contributed by atoms with E-state index in [4.69, 9.17) is 4.74 Å². The summed E-state index contributed by atoms with van der Waals surface area (Å²) in [6, 6.07) is 9.24. The zero-order valence-corrected chi connectivity index (χ0v) is 26.2. The van der Waals surface area contributed by atoms with E-state index in [1.165, 1.54) is 11.0 Å². The van der Waals surface area contributed by atoms with Gasteiger partial charge in [0.05, 0.1) is 12.5 Å². The molecule has 10 nitrogen and oxygen atoms in total. The zero-order chi connectivity index (χ0) is 30.6. The highest BCUT2D eigenvalue weighted by molar-refractivity contribution is 7.91. The van der Waals surface area contributed by atoms with Crippen LogP contribution in [0.3, 0.4) is 0 Å². The van der Waals surface area contributed by atoms with Crippen LogP contribution >= 0.6 is 11.3 Å². The van der Waals surface area contributed by atoms with Crippen molar-refractivity contribution in [2.45, 2.75) is 82.3 Å². The summed E-state index contributed by atoms with van der Waals surface area (Å²) in [6.45, 7) is 8.32. The average Bonchev–Trinajstić information content (AvgIpc) is 3.48. The monoisotopic (exact) mass is 619 g/mol. The number of amides is 2. The molecule has 2 aliphatic rings. The van der Waals surface area contributed by atoms with Crippen molar-refractivity contribution >= 4 is 39.3 Å². The smallest absolute Gasteiger partial charge is 0.411 e. The number of nitrogens with zero attached hydrogens (tertiary/aromatic N) is 2. The van der Waals surface area contributed by atoms with Crippen molar-refractivity contribution in [2.24, 2.45) is 17.8 Å². The number of aliphatic carboxylic acids is 1. The quantitative estimate of drug-likeness (QED) is 0.403. The Bertz CT molecular complexity index is 1360. The van der Waals surface area contributed by atoms with E-state index in [0.717, 1.165) is 34.0 Å². The Morgan fingerprint density at radius 1 is 1.14 bits per heavy atom. The molecule has 4 rings (SSSR count). The molecule has 42 heavy (non-hydrogen) atoms. The van der Waals surface area contributed by atoms with Gasteiger partial charge in [-0.25, -0.2) is 13.2 Å². The molecule has 1 saturated heterocycles. The molecule has 1 aromatic carbocycles. The third kappa shape index (κ3) is 7.33. The first-order valence-corrected chi connectivity index (χ1v) is 16.8. The molecule has 2 aromatic rings. The number of hydrogen-bond donors (Lipinski definition) is 2. The van der Waals surface area contributed by atoms with E-state index in [-0.39, 0.29) is 35.2 Å². The molecule has 0 bridgehead atoms. The molecule has 0 radical (unpaired) electrons. The van der Waals surface area contributed by atoms with Crippen LogP contribution < -0.4 is 5.32 Å². The number of nitrogens with one attached hydrogen (secondary N) is 1. The second-order valence-electron chi connectivity index (χ2n) is 11.8. The lowest BCUT2D eigenvalue weighted by molar-refractivity contribution is -0.138. The summed E-state index contributed by atoms with van der Waals surface area (Å²) < 4.78 is 34.7. The number of aryl methyl sites for hydroxylation is 1. The van der Waals surface area contributed by atoms with Gasteiger partial charge in [-0.15, -0.1) is 11.3 Å². The minimum Gasteiger partial charge on any atom is -0.481 e. The number of thiophene rings is 1. The molecule has 1 aliphatic heterocycles. The summed E-state index contributed by atoms with van der Waals surface area (Å²) in [6.07, 6.45) is -0.0651. The number of carbonyl (C=O) groups is 3. The van der Waals surface area contributed by atoms with E-state index in [1.807, 2.05) is 13.0 Å². The molecule has 12 heteroatoms. The number of carboxylic acid groups (broad SMARTS) is 1. The van der Waals surface area contributed by atoms with E-state index in [1.54, 1.807) is 29.6 Å². The Hall–Kier alpha value is -2.96. The molecule has 2 fully saturated rings. The van der Waals surface area contributed by atoms with Crippen LogP contribution in [0.4, 0.5) is 4.79 Å². The van der Waals surface area contributed by atoms with Crippen molar-refractivity contribution in [2.75, 3.05) is 13.1 Å². The van der Waals surface area contributed by atoms with Crippen molar-refractivity contribution in [3.8, 4) is 0 Å². The van der Waals surface area contributed by atoms with Crippen molar-refractivity contribution < 1.29 is 32.6 Å². The molecule has 2 heterocycles. The summed E-state index contributed by atoms with van der Waals surface area (Å²) in [5.41, 5.74) is 1.45. The molecule has 0 spiro atoms. The number of carbonyl (C=O) groups excluding carboxylic acids is 2. The Balaban J connectivity index is 1.68. The number of benzene rings is 1. The average molecular weight is 620 g/mol. The third-order valence-electron chi connectivity index (χ3n) is 8.23. The van der Waals surface area contributed by atoms with Gasteiger partial charge in [0.15, 0.2) is 6.17 Å². The molecule has 5 atom stereocenters. The second kappa shape index (κ2) is 13.6. The fraction of sp³-hybridized carbons (Fsp3) is 0.567. The highest BCUT2D eigenvalue weighted by Gasteiger charge is 2.46. The van der Waals surface area contributed by atoms with Gasteiger partial charge in [0.1, 0.15) is 10.3 Å². The lowest BCUT2D eigenvalue weighted by Crippen LogP contribution is -2.64. The normalized spacial score (nSPS) is 24.3. The molecule has 2 N–H and O–H groups in total. The van der Waals surface area contributed by atoms with Gasteiger partial charge < -0.3 is 15.2 Å². The molecular formula is C30H41N3O7S2. The first-order chi connectivity index (χ1) is 19.9. The number of rotatable bonds is 9. The highest BCUT2D eigenvalue weighted by atomic mass is 32.2. The number of hydrogen-bond acceptors (Lipinski definition) is 7. The fourth-order valence-electron chi connectivity index (χ4n) is 6.05. The molecule has 2 amide bonds. The molecule has 1 aliphatic carbocycles. The molecular weight excluding hydrogens is 578 g/mol. The van der Waals surface area contributed by atoms with E-state index in [2.05, 4.69) is 26.1 Å². The van der Waals surface area contributed by atoms with Gasteiger partial charge in [-0.1, -0.05) is 63.1 Å². The van der Waals surface area contributed by atoms with Gasteiger partial charge in [0.2, 0.25) is 0 Å².